The van der Waals surface area contributed by atoms with Crippen LogP contribution in [0.2, 0.25) is 0 Å². The van der Waals surface area contributed by atoms with E-state index in [1.165, 1.54) is 0 Å². The van der Waals surface area contributed by atoms with Gasteiger partial charge in [-0.2, -0.15) is 5.10 Å². The number of nitrogens with zero attached hydrogens (tertiary/aromatic N) is 6. The summed E-state index contributed by atoms with van der Waals surface area (Å²) in [6.45, 7) is 0. The van der Waals surface area contributed by atoms with E-state index in [2.05, 4.69) is 25.5 Å². The highest BCUT2D eigenvalue weighted by molar-refractivity contribution is 5.86. The standard InChI is InChI=1S/C21H18N8O.ClH/c1-28-16-11-13(7-10-15(16)24-27-28)17-18(20-25-26-21(30)29(20)14-8-9-14)23-19(22-17)12-5-3-2-4-6-12;/h2-7,10-11,14H,8-9H2,1H3,(H,22,23)(H,26,30);1H. The zero-order chi connectivity index (χ0) is 20.2. The molecule has 0 bridgehead atoms. The molecule has 31 heavy (non-hydrogen) atoms. The molecule has 0 atom stereocenters. The monoisotopic (exact) mass is 434 g/mol. The summed E-state index contributed by atoms with van der Waals surface area (Å²) < 4.78 is 3.47. The fourth-order valence-corrected chi connectivity index (χ4v) is 3.81. The number of nitrogens with one attached hydrogen (secondary N) is 2. The summed E-state index contributed by atoms with van der Waals surface area (Å²) in [6.07, 6.45) is 1.96. The van der Waals surface area contributed by atoms with E-state index in [1.807, 2.05) is 55.6 Å². The first-order valence-corrected chi connectivity index (χ1v) is 9.81. The number of rotatable bonds is 4. The van der Waals surface area contributed by atoms with Crippen molar-refractivity contribution in [2.75, 3.05) is 0 Å². The van der Waals surface area contributed by atoms with Gasteiger partial charge in [-0.1, -0.05) is 41.6 Å². The predicted octanol–water partition coefficient (Wildman–Crippen LogP) is 3.33. The number of fused-ring (bicyclic) bond motifs is 1. The summed E-state index contributed by atoms with van der Waals surface area (Å²) in [4.78, 5) is 20.7. The van der Waals surface area contributed by atoms with E-state index in [0.717, 1.165) is 46.5 Å². The van der Waals surface area contributed by atoms with Gasteiger partial charge in [-0.3, -0.25) is 4.57 Å². The number of imidazole rings is 1. The van der Waals surface area contributed by atoms with E-state index >= 15 is 0 Å². The predicted molar refractivity (Wildman–Crippen MR) is 119 cm³/mol. The average molecular weight is 435 g/mol. The minimum Gasteiger partial charge on any atom is -0.335 e. The third-order valence-electron chi connectivity index (χ3n) is 5.48. The molecule has 0 spiro atoms. The van der Waals surface area contributed by atoms with Crippen molar-refractivity contribution >= 4 is 23.4 Å². The molecular formula is C21H19ClN8O. The molecule has 1 fully saturated rings. The van der Waals surface area contributed by atoms with Crippen molar-refractivity contribution in [2.45, 2.75) is 18.9 Å². The molecule has 9 nitrogen and oxygen atoms in total. The number of benzene rings is 2. The van der Waals surface area contributed by atoms with Gasteiger partial charge in [0.15, 0.2) is 5.82 Å². The topological polar surface area (TPSA) is 110 Å². The number of aromatic amines is 2. The number of aryl methyl sites for hydroxylation is 1. The molecule has 3 heterocycles. The van der Waals surface area contributed by atoms with E-state index in [-0.39, 0.29) is 24.1 Å². The molecule has 10 heteroatoms. The van der Waals surface area contributed by atoms with Crippen LogP contribution in [0, 0.1) is 0 Å². The van der Waals surface area contributed by atoms with Gasteiger partial charge in [0.25, 0.3) is 0 Å². The Morgan fingerprint density at radius 3 is 2.65 bits per heavy atom. The molecule has 0 amide bonds. The second kappa shape index (κ2) is 7.21. The summed E-state index contributed by atoms with van der Waals surface area (Å²) in [5.41, 5.74) is 4.84. The van der Waals surface area contributed by atoms with Gasteiger partial charge in [0.2, 0.25) is 0 Å². The Labute approximate surface area is 182 Å². The number of halogens is 1. The van der Waals surface area contributed by atoms with Crippen molar-refractivity contribution in [3.05, 3.63) is 59.0 Å². The van der Waals surface area contributed by atoms with Crippen molar-refractivity contribution in [3.8, 4) is 34.2 Å². The Morgan fingerprint density at radius 2 is 1.87 bits per heavy atom. The quantitative estimate of drug-likeness (QED) is 0.450. The van der Waals surface area contributed by atoms with E-state index in [9.17, 15) is 4.79 Å². The highest BCUT2D eigenvalue weighted by Gasteiger charge is 2.31. The maximum Gasteiger partial charge on any atom is 0.343 e. The maximum absolute atomic E-state index is 12.4. The van der Waals surface area contributed by atoms with Crippen LogP contribution in [0.1, 0.15) is 18.9 Å². The van der Waals surface area contributed by atoms with Crippen LogP contribution in [-0.2, 0) is 7.05 Å². The molecule has 1 saturated carbocycles. The molecule has 2 N–H and O–H groups in total. The van der Waals surface area contributed by atoms with Crippen molar-refractivity contribution in [3.63, 3.8) is 0 Å². The van der Waals surface area contributed by atoms with Crippen LogP contribution >= 0.6 is 12.4 Å². The maximum atomic E-state index is 12.4. The van der Waals surface area contributed by atoms with Crippen molar-refractivity contribution in [2.24, 2.45) is 7.05 Å². The first-order valence-electron chi connectivity index (χ1n) is 9.81. The van der Waals surface area contributed by atoms with Crippen LogP contribution in [0.15, 0.2) is 53.3 Å². The molecule has 0 aliphatic heterocycles. The van der Waals surface area contributed by atoms with Gasteiger partial charge in [0, 0.05) is 24.2 Å². The van der Waals surface area contributed by atoms with Gasteiger partial charge >= 0.3 is 5.69 Å². The minimum absolute atomic E-state index is 0. The zero-order valence-electron chi connectivity index (χ0n) is 16.6. The highest BCUT2D eigenvalue weighted by atomic mass is 35.5. The number of hydrogen-bond acceptors (Lipinski definition) is 5. The first-order chi connectivity index (χ1) is 14.7. The Bertz CT molecular complexity index is 1440. The highest BCUT2D eigenvalue weighted by Crippen LogP contribution is 2.39. The molecule has 3 aromatic heterocycles. The van der Waals surface area contributed by atoms with Crippen molar-refractivity contribution in [1.82, 2.24) is 39.7 Å². The molecule has 0 radical (unpaired) electrons. The molecule has 5 aromatic rings. The largest absolute Gasteiger partial charge is 0.343 e. The lowest BCUT2D eigenvalue weighted by Gasteiger charge is -2.05. The number of hydrogen-bond donors (Lipinski definition) is 2. The molecule has 156 valence electrons. The second-order valence-electron chi connectivity index (χ2n) is 7.55. The summed E-state index contributed by atoms with van der Waals surface area (Å²) in [7, 11) is 1.86. The van der Waals surface area contributed by atoms with Crippen LogP contribution in [-0.4, -0.2) is 39.7 Å². The zero-order valence-corrected chi connectivity index (χ0v) is 17.4. The first kappa shape index (κ1) is 19.3. The third-order valence-corrected chi connectivity index (χ3v) is 5.48. The molecule has 1 aliphatic rings. The Hall–Kier alpha value is -3.72. The van der Waals surface area contributed by atoms with Crippen LogP contribution in [0.5, 0.6) is 0 Å². The summed E-state index contributed by atoms with van der Waals surface area (Å²) >= 11 is 0. The summed E-state index contributed by atoms with van der Waals surface area (Å²) in [5, 5.41) is 15.2. The molecule has 6 rings (SSSR count). The summed E-state index contributed by atoms with van der Waals surface area (Å²) in [5.74, 6) is 1.30. The number of aromatic nitrogens is 8. The molecule has 1 aliphatic carbocycles. The van der Waals surface area contributed by atoms with E-state index in [4.69, 9.17) is 4.98 Å². The van der Waals surface area contributed by atoms with Gasteiger partial charge in [-0.05, 0) is 25.0 Å². The van der Waals surface area contributed by atoms with E-state index in [1.54, 1.807) is 9.25 Å². The average Bonchev–Trinajstić information content (AvgIpc) is 3.22. The molecule has 0 unspecified atom stereocenters. The van der Waals surface area contributed by atoms with Crippen LogP contribution in [0.25, 0.3) is 45.2 Å². The summed E-state index contributed by atoms with van der Waals surface area (Å²) in [6, 6.07) is 16.0. The van der Waals surface area contributed by atoms with Gasteiger partial charge in [0.1, 0.15) is 22.7 Å². The van der Waals surface area contributed by atoms with Gasteiger partial charge < -0.3 is 4.98 Å². The smallest absolute Gasteiger partial charge is 0.335 e. The van der Waals surface area contributed by atoms with Crippen LogP contribution < -0.4 is 5.69 Å². The number of H-pyrrole nitrogens is 2. The Kier molecular flexibility index (Phi) is 4.48. The lowest BCUT2D eigenvalue weighted by Crippen LogP contribution is -2.16. The second-order valence-corrected chi connectivity index (χ2v) is 7.55. The normalized spacial score (nSPS) is 13.5. The van der Waals surface area contributed by atoms with Crippen molar-refractivity contribution in [1.29, 1.82) is 0 Å². The molecule has 0 saturated heterocycles. The Balaban J connectivity index is 0.00000204. The minimum atomic E-state index is -0.194. The molecule has 2 aromatic carbocycles. The van der Waals surface area contributed by atoms with E-state index < -0.39 is 0 Å². The van der Waals surface area contributed by atoms with Gasteiger partial charge in [-0.25, -0.2) is 19.6 Å². The Morgan fingerprint density at radius 1 is 1.06 bits per heavy atom. The van der Waals surface area contributed by atoms with Gasteiger partial charge in [-0.15, -0.1) is 17.5 Å². The van der Waals surface area contributed by atoms with Gasteiger partial charge in [0.05, 0.1) is 5.52 Å². The van der Waals surface area contributed by atoms with Crippen molar-refractivity contribution < 1.29 is 0 Å². The lowest BCUT2D eigenvalue weighted by atomic mass is 10.1. The fraction of sp³-hybridized carbons (Fsp3) is 0.190. The lowest BCUT2D eigenvalue weighted by molar-refractivity contribution is 0.715. The van der Waals surface area contributed by atoms with E-state index in [0.29, 0.717) is 11.5 Å². The van der Waals surface area contributed by atoms with Crippen LogP contribution in [0.4, 0.5) is 0 Å². The third kappa shape index (κ3) is 3.14. The fourth-order valence-electron chi connectivity index (χ4n) is 3.81. The molecular weight excluding hydrogens is 416 g/mol. The van der Waals surface area contributed by atoms with Crippen LogP contribution in [0.3, 0.4) is 0 Å². The SMILES string of the molecule is Cl.Cn1nnc2ccc(-c3nc(-c4ccccc4)[nH]c3-c3n[nH]c(=O)n3C3CC3)cc21.